The smallest absolute Gasteiger partial charge is 0.122 e. The Morgan fingerprint density at radius 3 is 2.71 bits per heavy atom. The molecule has 1 saturated heterocycles. The van der Waals surface area contributed by atoms with Gasteiger partial charge < -0.3 is 10.4 Å². The average molecular weight is 251 g/mol. The molecule has 2 N–H and O–H groups in total. The Balaban J connectivity index is 2.20. The molecule has 1 fully saturated rings. The zero-order valence-corrected chi connectivity index (χ0v) is 11.4. The predicted molar refractivity (Wildman–Crippen MR) is 73.9 cm³/mol. The molecule has 0 unspecified atom stereocenters. The van der Waals surface area contributed by atoms with Gasteiger partial charge in [0.25, 0.3) is 0 Å². The summed E-state index contributed by atoms with van der Waals surface area (Å²) in [5, 5.41) is 13.6. The zero-order chi connectivity index (χ0) is 12.3. The van der Waals surface area contributed by atoms with Crippen molar-refractivity contribution in [2.45, 2.75) is 31.1 Å². The van der Waals surface area contributed by atoms with Crippen molar-refractivity contribution in [2.24, 2.45) is 5.92 Å². The number of benzene rings is 1. The molecule has 0 bridgehead atoms. The van der Waals surface area contributed by atoms with E-state index in [1.165, 1.54) is 17.7 Å². The van der Waals surface area contributed by atoms with Crippen molar-refractivity contribution in [3.05, 3.63) is 23.3 Å². The van der Waals surface area contributed by atoms with E-state index < -0.39 is 0 Å². The maximum Gasteiger partial charge on any atom is 0.122 e. The number of rotatable bonds is 3. The summed E-state index contributed by atoms with van der Waals surface area (Å²) in [6, 6.07) is 4.14. The first kappa shape index (κ1) is 12.8. The van der Waals surface area contributed by atoms with Crippen LogP contribution in [-0.4, -0.2) is 24.5 Å². The normalized spacial score (nSPS) is 17.3. The molecule has 2 nitrogen and oxygen atoms in total. The second-order valence-corrected chi connectivity index (χ2v) is 5.66. The van der Waals surface area contributed by atoms with Crippen molar-refractivity contribution < 1.29 is 5.11 Å². The van der Waals surface area contributed by atoms with Crippen LogP contribution in [0.15, 0.2) is 17.0 Å². The molecule has 1 aromatic carbocycles. The van der Waals surface area contributed by atoms with Gasteiger partial charge >= 0.3 is 0 Å². The summed E-state index contributed by atoms with van der Waals surface area (Å²) in [5.74, 6) is 1.23. The van der Waals surface area contributed by atoms with Crippen LogP contribution in [0.25, 0.3) is 0 Å². The van der Waals surface area contributed by atoms with E-state index in [9.17, 15) is 5.11 Å². The molecule has 0 atom stereocenters. The minimum absolute atomic E-state index is 0.510. The number of phenols is 1. The standard InChI is InChI=1S/C14H21NOS/c1-10-3-4-13(17-2)12(14(10)16)9-11-5-7-15-8-6-11/h3-4,11,15-16H,5-9H2,1-2H3. The quantitative estimate of drug-likeness (QED) is 0.810. The van der Waals surface area contributed by atoms with Gasteiger partial charge in [0.2, 0.25) is 0 Å². The Labute approximate surface area is 108 Å². The van der Waals surface area contributed by atoms with Gasteiger partial charge in [-0.2, -0.15) is 0 Å². The lowest BCUT2D eigenvalue weighted by atomic mass is 9.90. The average Bonchev–Trinajstić information content (AvgIpc) is 2.37. The molecule has 1 aliphatic heterocycles. The van der Waals surface area contributed by atoms with Crippen molar-refractivity contribution >= 4 is 11.8 Å². The van der Waals surface area contributed by atoms with E-state index >= 15 is 0 Å². The van der Waals surface area contributed by atoms with Gasteiger partial charge in [-0.25, -0.2) is 0 Å². The van der Waals surface area contributed by atoms with Crippen molar-refractivity contribution in [1.29, 1.82) is 0 Å². The van der Waals surface area contributed by atoms with E-state index in [4.69, 9.17) is 0 Å². The minimum atomic E-state index is 0.510. The Hall–Kier alpha value is -0.670. The predicted octanol–water partition coefficient (Wildman–Crippen LogP) is 2.96. The summed E-state index contributed by atoms with van der Waals surface area (Å²) < 4.78 is 0. The largest absolute Gasteiger partial charge is 0.507 e. The molecule has 2 rings (SSSR count). The van der Waals surface area contributed by atoms with E-state index in [1.807, 2.05) is 13.0 Å². The van der Waals surface area contributed by atoms with Gasteiger partial charge in [-0.05, 0) is 63.1 Å². The number of hydrogen-bond acceptors (Lipinski definition) is 3. The van der Waals surface area contributed by atoms with E-state index in [1.54, 1.807) is 11.8 Å². The lowest BCUT2D eigenvalue weighted by Gasteiger charge is -2.24. The third-order valence-corrected chi connectivity index (χ3v) is 4.44. The van der Waals surface area contributed by atoms with E-state index in [2.05, 4.69) is 17.6 Å². The lowest BCUT2D eigenvalue weighted by molar-refractivity contribution is 0.364. The number of aromatic hydroxyl groups is 1. The Bertz CT molecular complexity index is 386. The number of hydrogen-bond donors (Lipinski definition) is 2. The number of piperidine rings is 1. The monoisotopic (exact) mass is 251 g/mol. The van der Waals surface area contributed by atoms with E-state index in [0.29, 0.717) is 5.75 Å². The van der Waals surface area contributed by atoms with Gasteiger partial charge in [0.15, 0.2) is 0 Å². The minimum Gasteiger partial charge on any atom is -0.507 e. The summed E-state index contributed by atoms with van der Waals surface area (Å²) in [5.41, 5.74) is 2.15. The zero-order valence-electron chi connectivity index (χ0n) is 10.6. The molecule has 94 valence electrons. The highest BCUT2D eigenvalue weighted by Gasteiger charge is 2.18. The maximum atomic E-state index is 10.2. The van der Waals surface area contributed by atoms with E-state index in [-0.39, 0.29) is 0 Å². The molecular formula is C14H21NOS. The second-order valence-electron chi connectivity index (χ2n) is 4.81. The third-order valence-electron chi connectivity index (χ3n) is 3.61. The number of nitrogens with one attached hydrogen (secondary N) is 1. The highest BCUT2D eigenvalue weighted by atomic mass is 32.2. The van der Waals surface area contributed by atoms with Crippen LogP contribution in [0.2, 0.25) is 0 Å². The molecule has 0 spiro atoms. The fraction of sp³-hybridized carbons (Fsp3) is 0.571. The fourth-order valence-corrected chi connectivity index (χ4v) is 3.13. The van der Waals surface area contributed by atoms with Crippen molar-refractivity contribution in [3.8, 4) is 5.75 Å². The van der Waals surface area contributed by atoms with Crippen LogP contribution in [0.5, 0.6) is 5.75 Å². The van der Waals surface area contributed by atoms with Gasteiger partial charge in [0.05, 0.1) is 0 Å². The molecule has 1 aliphatic rings. The number of thioether (sulfide) groups is 1. The molecule has 0 amide bonds. The van der Waals surface area contributed by atoms with Gasteiger partial charge in [-0.3, -0.25) is 0 Å². The summed E-state index contributed by atoms with van der Waals surface area (Å²) in [6.07, 6.45) is 5.55. The second kappa shape index (κ2) is 5.78. The SMILES string of the molecule is CSc1ccc(C)c(O)c1CC1CCNCC1. The van der Waals surface area contributed by atoms with Crippen LogP contribution in [0.3, 0.4) is 0 Å². The van der Waals surface area contributed by atoms with Gasteiger partial charge in [-0.1, -0.05) is 6.07 Å². The Morgan fingerprint density at radius 2 is 2.06 bits per heavy atom. The third kappa shape index (κ3) is 2.96. The van der Waals surface area contributed by atoms with Crippen LogP contribution in [0, 0.1) is 12.8 Å². The van der Waals surface area contributed by atoms with Gasteiger partial charge in [-0.15, -0.1) is 11.8 Å². The summed E-state index contributed by atoms with van der Waals surface area (Å²) >= 11 is 1.73. The van der Waals surface area contributed by atoms with Crippen LogP contribution < -0.4 is 5.32 Å². The van der Waals surface area contributed by atoms with Crippen molar-refractivity contribution in [3.63, 3.8) is 0 Å². The molecule has 0 saturated carbocycles. The fourth-order valence-electron chi connectivity index (χ4n) is 2.50. The summed E-state index contributed by atoms with van der Waals surface area (Å²) in [7, 11) is 0. The first-order valence-electron chi connectivity index (χ1n) is 6.28. The van der Waals surface area contributed by atoms with Crippen LogP contribution >= 0.6 is 11.8 Å². The summed E-state index contributed by atoms with van der Waals surface area (Å²) in [4.78, 5) is 1.23. The van der Waals surface area contributed by atoms with Crippen LogP contribution in [0.1, 0.15) is 24.0 Å². The highest BCUT2D eigenvalue weighted by Crippen LogP contribution is 2.34. The lowest BCUT2D eigenvalue weighted by Crippen LogP contribution is -2.28. The molecule has 0 aliphatic carbocycles. The Morgan fingerprint density at radius 1 is 1.35 bits per heavy atom. The van der Waals surface area contributed by atoms with Crippen LogP contribution in [0.4, 0.5) is 0 Å². The first-order chi connectivity index (χ1) is 8.22. The van der Waals surface area contributed by atoms with Crippen LogP contribution in [-0.2, 0) is 6.42 Å². The molecular weight excluding hydrogens is 230 g/mol. The van der Waals surface area contributed by atoms with E-state index in [0.717, 1.165) is 36.6 Å². The van der Waals surface area contributed by atoms with Gasteiger partial charge in [0.1, 0.15) is 5.75 Å². The Kier molecular flexibility index (Phi) is 4.35. The summed E-state index contributed by atoms with van der Waals surface area (Å²) in [6.45, 7) is 4.21. The maximum absolute atomic E-state index is 10.2. The molecule has 0 aromatic heterocycles. The molecule has 17 heavy (non-hydrogen) atoms. The molecule has 1 heterocycles. The number of aryl methyl sites for hydroxylation is 1. The molecule has 3 heteroatoms. The van der Waals surface area contributed by atoms with Gasteiger partial charge in [0, 0.05) is 10.5 Å². The number of phenolic OH excluding ortho intramolecular Hbond substituents is 1. The first-order valence-corrected chi connectivity index (χ1v) is 7.51. The van der Waals surface area contributed by atoms with Crippen molar-refractivity contribution in [2.75, 3.05) is 19.3 Å². The molecule has 0 radical (unpaired) electrons. The topological polar surface area (TPSA) is 32.3 Å². The van der Waals surface area contributed by atoms with Crippen molar-refractivity contribution in [1.82, 2.24) is 5.32 Å². The highest BCUT2D eigenvalue weighted by molar-refractivity contribution is 7.98. The molecule has 1 aromatic rings.